The molecule has 0 saturated heterocycles. The van der Waals surface area contributed by atoms with Gasteiger partial charge in [-0.1, -0.05) is 31.4 Å². The number of hydrogen-bond acceptors (Lipinski definition) is 2. The molecule has 1 aromatic carbocycles. The Morgan fingerprint density at radius 1 is 1.26 bits per heavy atom. The molecule has 1 fully saturated rings. The van der Waals surface area contributed by atoms with Gasteiger partial charge in [0, 0.05) is 16.6 Å². The molecule has 3 heteroatoms. The van der Waals surface area contributed by atoms with E-state index in [9.17, 15) is 4.79 Å². The maximum atomic E-state index is 12.3. The van der Waals surface area contributed by atoms with Crippen LogP contribution in [0, 0.1) is 5.92 Å². The molecule has 0 aliphatic heterocycles. The van der Waals surface area contributed by atoms with E-state index in [1.165, 1.54) is 25.7 Å². The minimum atomic E-state index is -0.133. The standard InChI is InChI=1S/C16H22ClNO/c1-11-5-3-4-6-15(11)18-12(2)16(19)13-7-9-14(17)10-8-13/h7-12,15,18H,3-6H2,1-2H3. The van der Waals surface area contributed by atoms with Crippen LogP contribution >= 0.6 is 11.6 Å². The largest absolute Gasteiger partial charge is 0.304 e. The molecular formula is C16H22ClNO. The van der Waals surface area contributed by atoms with Gasteiger partial charge in [0.1, 0.15) is 0 Å². The number of nitrogens with one attached hydrogen (secondary N) is 1. The van der Waals surface area contributed by atoms with Crippen LogP contribution in [0.2, 0.25) is 5.02 Å². The van der Waals surface area contributed by atoms with Crippen LogP contribution in [0.15, 0.2) is 24.3 Å². The van der Waals surface area contributed by atoms with Gasteiger partial charge in [-0.3, -0.25) is 4.79 Å². The van der Waals surface area contributed by atoms with Crippen molar-refractivity contribution in [2.75, 3.05) is 0 Å². The van der Waals surface area contributed by atoms with Crippen LogP contribution in [-0.2, 0) is 0 Å². The van der Waals surface area contributed by atoms with Crippen molar-refractivity contribution in [3.63, 3.8) is 0 Å². The van der Waals surface area contributed by atoms with Crippen molar-refractivity contribution in [1.82, 2.24) is 5.32 Å². The number of halogens is 1. The quantitative estimate of drug-likeness (QED) is 0.842. The summed E-state index contributed by atoms with van der Waals surface area (Å²) in [6.45, 7) is 4.23. The third-order valence-electron chi connectivity index (χ3n) is 4.10. The van der Waals surface area contributed by atoms with Crippen molar-refractivity contribution in [2.24, 2.45) is 5.92 Å². The highest BCUT2D eigenvalue weighted by atomic mass is 35.5. The van der Waals surface area contributed by atoms with E-state index in [2.05, 4.69) is 12.2 Å². The number of carbonyl (C=O) groups is 1. The monoisotopic (exact) mass is 279 g/mol. The van der Waals surface area contributed by atoms with Crippen molar-refractivity contribution in [3.05, 3.63) is 34.9 Å². The Bertz CT molecular complexity index is 429. The van der Waals surface area contributed by atoms with Crippen LogP contribution in [0.4, 0.5) is 0 Å². The van der Waals surface area contributed by atoms with Gasteiger partial charge in [0.25, 0.3) is 0 Å². The van der Waals surface area contributed by atoms with E-state index in [0.717, 1.165) is 5.56 Å². The summed E-state index contributed by atoms with van der Waals surface area (Å²) in [7, 11) is 0. The zero-order valence-electron chi connectivity index (χ0n) is 11.7. The molecule has 0 heterocycles. The zero-order valence-corrected chi connectivity index (χ0v) is 12.4. The minimum Gasteiger partial charge on any atom is -0.304 e. The van der Waals surface area contributed by atoms with E-state index >= 15 is 0 Å². The first kappa shape index (κ1) is 14.5. The summed E-state index contributed by atoms with van der Waals surface area (Å²) in [5.41, 5.74) is 0.730. The van der Waals surface area contributed by atoms with Crippen molar-refractivity contribution >= 4 is 17.4 Å². The molecule has 2 rings (SSSR count). The van der Waals surface area contributed by atoms with Crippen LogP contribution in [0.25, 0.3) is 0 Å². The second kappa shape index (κ2) is 6.53. The molecule has 0 spiro atoms. The van der Waals surface area contributed by atoms with Crippen LogP contribution in [0.3, 0.4) is 0 Å². The van der Waals surface area contributed by atoms with Crippen LogP contribution in [0.1, 0.15) is 49.9 Å². The van der Waals surface area contributed by atoms with Crippen LogP contribution in [-0.4, -0.2) is 17.9 Å². The van der Waals surface area contributed by atoms with Crippen LogP contribution in [0.5, 0.6) is 0 Å². The zero-order chi connectivity index (χ0) is 13.8. The average Bonchev–Trinajstić information content (AvgIpc) is 2.41. The summed E-state index contributed by atoms with van der Waals surface area (Å²) < 4.78 is 0. The number of hydrogen-bond donors (Lipinski definition) is 1. The number of rotatable bonds is 4. The molecule has 19 heavy (non-hydrogen) atoms. The highest BCUT2D eigenvalue weighted by Gasteiger charge is 2.25. The highest BCUT2D eigenvalue weighted by Crippen LogP contribution is 2.24. The summed E-state index contributed by atoms with van der Waals surface area (Å²) in [6, 6.07) is 7.47. The first-order valence-corrected chi connectivity index (χ1v) is 7.51. The third-order valence-corrected chi connectivity index (χ3v) is 4.35. The summed E-state index contributed by atoms with van der Waals surface area (Å²) >= 11 is 5.84. The van der Waals surface area contributed by atoms with E-state index in [0.29, 0.717) is 17.0 Å². The van der Waals surface area contributed by atoms with Gasteiger partial charge in [0.15, 0.2) is 5.78 Å². The fourth-order valence-corrected chi connectivity index (χ4v) is 2.95. The number of Topliss-reactive ketones (excluding diaryl/α,β-unsaturated/α-hetero) is 1. The van der Waals surface area contributed by atoms with Crippen LogP contribution < -0.4 is 5.32 Å². The van der Waals surface area contributed by atoms with Crippen molar-refractivity contribution in [2.45, 2.75) is 51.6 Å². The van der Waals surface area contributed by atoms with Gasteiger partial charge >= 0.3 is 0 Å². The lowest BCUT2D eigenvalue weighted by Crippen LogP contribution is -2.45. The molecular weight excluding hydrogens is 258 g/mol. The number of carbonyl (C=O) groups excluding carboxylic acids is 1. The van der Waals surface area contributed by atoms with Gasteiger partial charge in [-0.15, -0.1) is 0 Å². The summed E-state index contributed by atoms with van der Waals surface area (Å²) in [5, 5.41) is 4.16. The summed E-state index contributed by atoms with van der Waals surface area (Å²) in [4.78, 5) is 12.3. The maximum absolute atomic E-state index is 12.3. The Hall–Kier alpha value is -0.860. The van der Waals surface area contributed by atoms with Gasteiger partial charge in [-0.25, -0.2) is 0 Å². The molecule has 1 aliphatic carbocycles. The predicted octanol–water partition coefficient (Wildman–Crippen LogP) is 4.08. The van der Waals surface area contributed by atoms with E-state index in [1.807, 2.05) is 6.92 Å². The molecule has 3 atom stereocenters. The molecule has 0 aromatic heterocycles. The van der Waals surface area contributed by atoms with Crippen molar-refractivity contribution in [3.8, 4) is 0 Å². The highest BCUT2D eigenvalue weighted by molar-refractivity contribution is 6.30. The molecule has 1 aromatic rings. The molecule has 1 saturated carbocycles. The Kier molecular flexibility index (Phi) is 5.00. The molecule has 0 amide bonds. The molecule has 3 unspecified atom stereocenters. The number of benzene rings is 1. The fourth-order valence-electron chi connectivity index (χ4n) is 2.82. The lowest BCUT2D eigenvalue weighted by Gasteiger charge is -2.31. The molecule has 0 radical (unpaired) electrons. The van der Waals surface area contributed by atoms with E-state index in [1.54, 1.807) is 24.3 Å². The number of ketones is 1. The lowest BCUT2D eigenvalue weighted by molar-refractivity contribution is 0.0933. The summed E-state index contributed by atoms with van der Waals surface area (Å²) in [6.07, 6.45) is 5.03. The third kappa shape index (κ3) is 3.80. The van der Waals surface area contributed by atoms with Crippen molar-refractivity contribution in [1.29, 1.82) is 0 Å². The smallest absolute Gasteiger partial charge is 0.179 e. The fraction of sp³-hybridized carbons (Fsp3) is 0.562. The molecule has 0 bridgehead atoms. The van der Waals surface area contributed by atoms with Gasteiger partial charge in [0.2, 0.25) is 0 Å². The Morgan fingerprint density at radius 3 is 2.53 bits per heavy atom. The molecule has 1 aliphatic rings. The topological polar surface area (TPSA) is 29.1 Å². The maximum Gasteiger partial charge on any atom is 0.179 e. The second-order valence-electron chi connectivity index (χ2n) is 5.63. The normalized spacial score (nSPS) is 25.0. The first-order chi connectivity index (χ1) is 9.08. The summed E-state index contributed by atoms with van der Waals surface area (Å²) in [5.74, 6) is 0.809. The average molecular weight is 280 g/mol. The lowest BCUT2D eigenvalue weighted by atomic mass is 9.85. The SMILES string of the molecule is CC(NC1CCCCC1C)C(=O)c1ccc(Cl)cc1. The van der Waals surface area contributed by atoms with Gasteiger partial charge in [0.05, 0.1) is 6.04 Å². The first-order valence-electron chi connectivity index (χ1n) is 7.14. The van der Waals surface area contributed by atoms with Crippen molar-refractivity contribution < 1.29 is 4.79 Å². The Morgan fingerprint density at radius 2 is 1.89 bits per heavy atom. The molecule has 1 N–H and O–H groups in total. The van der Waals surface area contributed by atoms with Gasteiger partial charge in [-0.2, -0.15) is 0 Å². The molecule has 2 nitrogen and oxygen atoms in total. The second-order valence-corrected chi connectivity index (χ2v) is 6.06. The van der Waals surface area contributed by atoms with Gasteiger partial charge in [-0.05, 0) is 49.9 Å². The van der Waals surface area contributed by atoms with E-state index in [-0.39, 0.29) is 11.8 Å². The predicted molar refractivity (Wildman–Crippen MR) is 79.8 cm³/mol. The molecule has 104 valence electrons. The minimum absolute atomic E-state index is 0.133. The Balaban J connectivity index is 1.97. The Labute approximate surface area is 120 Å². The van der Waals surface area contributed by atoms with Gasteiger partial charge < -0.3 is 5.32 Å². The van der Waals surface area contributed by atoms with E-state index in [4.69, 9.17) is 11.6 Å². The van der Waals surface area contributed by atoms with E-state index < -0.39 is 0 Å².